The number of nitrogens with two attached hydrogens (primary N) is 2. The van der Waals surface area contributed by atoms with Gasteiger partial charge in [0.05, 0.1) is 12.0 Å². The van der Waals surface area contributed by atoms with Crippen LogP contribution in [-0.4, -0.2) is 5.91 Å². The molecule has 4 N–H and O–H groups in total. The lowest BCUT2D eigenvalue weighted by atomic mass is 10.1. The van der Waals surface area contributed by atoms with Crippen LogP contribution in [0.25, 0.3) is 0 Å². The molecule has 0 saturated heterocycles. The van der Waals surface area contributed by atoms with Crippen LogP contribution in [0, 0.1) is 0 Å². The van der Waals surface area contributed by atoms with E-state index in [-0.39, 0.29) is 11.6 Å². The van der Waals surface area contributed by atoms with E-state index in [1.807, 2.05) is 30.3 Å². The van der Waals surface area contributed by atoms with Crippen molar-refractivity contribution in [1.82, 2.24) is 0 Å². The molecule has 1 amide bonds. The van der Waals surface area contributed by atoms with Gasteiger partial charge in [-0.25, -0.2) is 0 Å². The van der Waals surface area contributed by atoms with Gasteiger partial charge in [0, 0.05) is 5.69 Å². The molecule has 2 aromatic rings. The van der Waals surface area contributed by atoms with Crippen LogP contribution >= 0.6 is 0 Å². The highest BCUT2D eigenvalue weighted by atomic mass is 19.4. The molecule has 0 unspecified atom stereocenters. The van der Waals surface area contributed by atoms with Gasteiger partial charge in [-0.1, -0.05) is 36.4 Å². The van der Waals surface area contributed by atoms with Crippen LogP contribution in [0.5, 0.6) is 0 Å². The molecular formula is C15H15F3N2O. The molecule has 0 aliphatic heterocycles. The van der Waals surface area contributed by atoms with Gasteiger partial charge in [0.25, 0.3) is 0 Å². The van der Waals surface area contributed by atoms with Crippen LogP contribution in [0.15, 0.2) is 54.6 Å². The third kappa shape index (κ3) is 6.47. The Morgan fingerprint density at radius 3 is 2.05 bits per heavy atom. The lowest BCUT2D eigenvalue weighted by Gasteiger charge is -2.05. The Bertz CT molecular complexity index is 583. The highest BCUT2D eigenvalue weighted by molar-refractivity contribution is 5.76. The Kier molecular flexibility index (Phi) is 5.78. The maximum atomic E-state index is 11.9. The summed E-state index contributed by atoms with van der Waals surface area (Å²) in [6, 6.07) is 14.0. The average molecular weight is 296 g/mol. The van der Waals surface area contributed by atoms with Crippen molar-refractivity contribution in [3.8, 4) is 0 Å². The van der Waals surface area contributed by atoms with Crippen LogP contribution < -0.4 is 11.5 Å². The number of hydrogen-bond acceptors (Lipinski definition) is 2. The Morgan fingerprint density at radius 2 is 1.62 bits per heavy atom. The summed E-state index contributed by atoms with van der Waals surface area (Å²) in [5.41, 5.74) is 10.5. The minimum absolute atomic E-state index is 0.125. The Hall–Kier alpha value is -2.50. The molecule has 112 valence electrons. The summed E-state index contributed by atoms with van der Waals surface area (Å²) >= 11 is 0. The van der Waals surface area contributed by atoms with E-state index in [2.05, 4.69) is 0 Å². The molecule has 0 saturated carbocycles. The number of anilines is 1. The summed E-state index contributed by atoms with van der Waals surface area (Å²) in [6.07, 6.45) is -3.96. The Morgan fingerprint density at radius 1 is 1.00 bits per heavy atom. The summed E-state index contributed by atoms with van der Waals surface area (Å²) in [4.78, 5) is 10.4. The third-order valence-corrected chi connectivity index (χ3v) is 2.44. The molecule has 2 aromatic carbocycles. The lowest BCUT2D eigenvalue weighted by molar-refractivity contribution is -0.137. The van der Waals surface area contributed by atoms with E-state index in [1.165, 1.54) is 12.1 Å². The zero-order chi connectivity index (χ0) is 15.9. The SMILES string of the molecule is NC(=O)Cc1ccccc1.Nc1cccc(C(F)(F)F)c1. The fraction of sp³-hybridized carbons (Fsp3) is 0.133. The lowest BCUT2D eigenvalue weighted by Crippen LogP contribution is -2.13. The van der Waals surface area contributed by atoms with Gasteiger partial charge in [-0.3, -0.25) is 4.79 Å². The number of primary amides is 1. The summed E-state index contributed by atoms with van der Waals surface area (Å²) < 4.78 is 35.7. The molecule has 0 radical (unpaired) electrons. The van der Waals surface area contributed by atoms with Crippen molar-refractivity contribution in [2.24, 2.45) is 5.73 Å². The van der Waals surface area contributed by atoms with Crippen molar-refractivity contribution < 1.29 is 18.0 Å². The first-order chi connectivity index (χ1) is 9.79. The number of carbonyl (C=O) groups is 1. The number of halogens is 3. The number of hydrogen-bond donors (Lipinski definition) is 2. The number of benzene rings is 2. The monoisotopic (exact) mass is 296 g/mol. The largest absolute Gasteiger partial charge is 0.416 e. The molecule has 0 fully saturated rings. The quantitative estimate of drug-likeness (QED) is 0.836. The van der Waals surface area contributed by atoms with E-state index in [9.17, 15) is 18.0 Å². The highest BCUT2D eigenvalue weighted by Crippen LogP contribution is 2.29. The van der Waals surface area contributed by atoms with E-state index in [0.717, 1.165) is 17.7 Å². The van der Waals surface area contributed by atoms with Crippen LogP contribution in [0.2, 0.25) is 0 Å². The van der Waals surface area contributed by atoms with Crippen LogP contribution in [-0.2, 0) is 17.4 Å². The second kappa shape index (κ2) is 7.33. The standard InChI is InChI=1S/C8H9NO.C7H6F3N/c9-8(10)6-7-4-2-1-3-5-7;8-7(9,10)5-2-1-3-6(11)4-5/h1-5H,6H2,(H2,9,10);1-4H,11H2. The van der Waals surface area contributed by atoms with Gasteiger partial charge in [-0.15, -0.1) is 0 Å². The Balaban J connectivity index is 0.000000211. The van der Waals surface area contributed by atoms with Crippen LogP contribution in [0.1, 0.15) is 11.1 Å². The molecule has 0 spiro atoms. The summed E-state index contributed by atoms with van der Waals surface area (Å²) in [5.74, 6) is -0.286. The molecule has 0 aliphatic rings. The van der Waals surface area contributed by atoms with Gasteiger partial charge in [0.15, 0.2) is 0 Å². The van der Waals surface area contributed by atoms with Crippen LogP contribution in [0.4, 0.5) is 18.9 Å². The molecule has 0 bridgehead atoms. The molecule has 2 rings (SSSR count). The van der Waals surface area contributed by atoms with Gasteiger partial charge in [-0.05, 0) is 23.8 Å². The maximum Gasteiger partial charge on any atom is 0.416 e. The average Bonchev–Trinajstić information content (AvgIpc) is 2.39. The first kappa shape index (κ1) is 16.6. The van der Waals surface area contributed by atoms with Crippen molar-refractivity contribution in [2.45, 2.75) is 12.6 Å². The predicted octanol–water partition coefficient (Wildman–Crippen LogP) is 3.00. The van der Waals surface area contributed by atoms with E-state index in [4.69, 9.17) is 11.5 Å². The van der Waals surface area contributed by atoms with Gasteiger partial charge in [0.1, 0.15) is 0 Å². The maximum absolute atomic E-state index is 11.9. The van der Waals surface area contributed by atoms with Gasteiger partial charge < -0.3 is 11.5 Å². The number of nitrogen functional groups attached to an aromatic ring is 1. The number of amides is 1. The molecule has 21 heavy (non-hydrogen) atoms. The Labute approximate surface area is 120 Å². The second-order valence-corrected chi connectivity index (χ2v) is 4.25. The third-order valence-electron chi connectivity index (χ3n) is 2.44. The van der Waals surface area contributed by atoms with Gasteiger partial charge in [-0.2, -0.15) is 13.2 Å². The topological polar surface area (TPSA) is 69.1 Å². The van der Waals surface area contributed by atoms with Gasteiger partial charge >= 0.3 is 6.18 Å². The molecule has 6 heteroatoms. The van der Waals surface area contributed by atoms with E-state index in [0.29, 0.717) is 6.42 Å². The van der Waals surface area contributed by atoms with E-state index in [1.54, 1.807) is 0 Å². The number of carbonyl (C=O) groups excluding carboxylic acids is 1. The molecule has 0 aliphatic carbocycles. The number of alkyl halides is 3. The predicted molar refractivity (Wildman–Crippen MR) is 75.2 cm³/mol. The zero-order valence-corrected chi connectivity index (χ0v) is 11.1. The summed E-state index contributed by atoms with van der Waals surface area (Å²) in [6.45, 7) is 0. The minimum Gasteiger partial charge on any atom is -0.399 e. The smallest absolute Gasteiger partial charge is 0.399 e. The number of rotatable bonds is 2. The van der Waals surface area contributed by atoms with Crippen molar-refractivity contribution in [3.05, 3.63) is 65.7 Å². The minimum atomic E-state index is -4.30. The van der Waals surface area contributed by atoms with Crippen molar-refractivity contribution in [1.29, 1.82) is 0 Å². The summed E-state index contributed by atoms with van der Waals surface area (Å²) in [7, 11) is 0. The van der Waals surface area contributed by atoms with E-state index >= 15 is 0 Å². The molecule has 0 heterocycles. The molecule has 0 atom stereocenters. The fourth-order valence-corrected chi connectivity index (χ4v) is 1.51. The molecular weight excluding hydrogens is 281 g/mol. The highest BCUT2D eigenvalue weighted by Gasteiger charge is 2.30. The van der Waals surface area contributed by atoms with Gasteiger partial charge in [0.2, 0.25) is 5.91 Å². The van der Waals surface area contributed by atoms with Crippen molar-refractivity contribution in [3.63, 3.8) is 0 Å². The first-order valence-electron chi connectivity index (χ1n) is 6.04. The first-order valence-corrected chi connectivity index (χ1v) is 6.04. The summed E-state index contributed by atoms with van der Waals surface area (Å²) in [5, 5.41) is 0. The normalized spacial score (nSPS) is 10.4. The van der Waals surface area contributed by atoms with Crippen molar-refractivity contribution in [2.75, 3.05) is 5.73 Å². The molecule has 0 aromatic heterocycles. The second-order valence-electron chi connectivity index (χ2n) is 4.25. The fourth-order valence-electron chi connectivity index (χ4n) is 1.51. The molecule has 3 nitrogen and oxygen atoms in total. The van der Waals surface area contributed by atoms with Crippen molar-refractivity contribution >= 4 is 11.6 Å². The van der Waals surface area contributed by atoms with Crippen LogP contribution in [0.3, 0.4) is 0 Å². The van der Waals surface area contributed by atoms with E-state index < -0.39 is 11.7 Å². The zero-order valence-electron chi connectivity index (χ0n) is 11.1.